The van der Waals surface area contributed by atoms with Crippen molar-refractivity contribution in [2.24, 2.45) is 0 Å². The highest BCUT2D eigenvalue weighted by atomic mass is 32.2. The van der Waals surface area contributed by atoms with E-state index in [1.807, 2.05) is 42.5 Å². The van der Waals surface area contributed by atoms with Gasteiger partial charge in [-0.3, -0.25) is 4.79 Å². The Bertz CT molecular complexity index is 537. The molecule has 0 aromatic heterocycles. The summed E-state index contributed by atoms with van der Waals surface area (Å²) in [5.74, 6) is 0.461. The molecule has 2 aromatic rings. The maximum atomic E-state index is 11.9. The van der Waals surface area contributed by atoms with Gasteiger partial charge in [-0.25, -0.2) is 0 Å². The molecular weight excluding hydrogens is 266 g/mol. The van der Waals surface area contributed by atoms with Crippen molar-refractivity contribution in [1.29, 1.82) is 0 Å². The van der Waals surface area contributed by atoms with Gasteiger partial charge in [-0.05, 0) is 36.2 Å². The number of hydrogen-bond acceptors (Lipinski definition) is 2. The van der Waals surface area contributed by atoms with Gasteiger partial charge in [0.25, 0.3) is 0 Å². The number of thioether (sulfide) groups is 1. The molecule has 0 radical (unpaired) electrons. The maximum absolute atomic E-state index is 11.9. The van der Waals surface area contributed by atoms with Gasteiger partial charge in [-0.15, -0.1) is 11.8 Å². The second-order valence-electron chi connectivity index (χ2n) is 4.60. The molecule has 0 fully saturated rings. The van der Waals surface area contributed by atoms with E-state index in [0.717, 1.165) is 23.4 Å². The molecule has 0 aliphatic heterocycles. The second-order valence-corrected chi connectivity index (χ2v) is 5.65. The quantitative estimate of drug-likeness (QED) is 0.798. The summed E-state index contributed by atoms with van der Waals surface area (Å²) in [6, 6.07) is 18.0. The highest BCUT2D eigenvalue weighted by molar-refractivity contribution is 8.00. The molecule has 2 rings (SSSR count). The lowest BCUT2D eigenvalue weighted by atomic mass is 10.1. The smallest absolute Gasteiger partial charge is 0.234 e. The third kappa shape index (κ3) is 4.74. The zero-order valence-corrected chi connectivity index (χ0v) is 12.5. The predicted octanol–water partition coefficient (Wildman–Crippen LogP) is 4.37. The van der Waals surface area contributed by atoms with Gasteiger partial charge in [-0.2, -0.15) is 0 Å². The minimum Gasteiger partial charge on any atom is -0.325 e. The van der Waals surface area contributed by atoms with E-state index in [0.29, 0.717) is 5.75 Å². The van der Waals surface area contributed by atoms with Gasteiger partial charge < -0.3 is 5.32 Å². The van der Waals surface area contributed by atoms with Crippen molar-refractivity contribution in [3.63, 3.8) is 0 Å². The lowest BCUT2D eigenvalue weighted by Crippen LogP contribution is -2.13. The zero-order valence-electron chi connectivity index (χ0n) is 11.6. The minimum atomic E-state index is 0.0297. The molecule has 2 nitrogen and oxygen atoms in total. The standard InChI is InChI=1S/C17H19NOS/c1-2-6-14-9-11-15(12-10-14)18-17(19)13-20-16-7-4-3-5-8-16/h3-5,7-12H,2,6,13H2,1H3,(H,18,19). The van der Waals surface area contributed by atoms with Crippen molar-refractivity contribution in [3.05, 3.63) is 60.2 Å². The van der Waals surface area contributed by atoms with E-state index in [4.69, 9.17) is 0 Å². The summed E-state index contributed by atoms with van der Waals surface area (Å²) in [6.45, 7) is 2.16. The molecular formula is C17H19NOS. The van der Waals surface area contributed by atoms with Crippen LogP contribution in [0.2, 0.25) is 0 Å². The van der Waals surface area contributed by atoms with Crippen molar-refractivity contribution in [2.45, 2.75) is 24.7 Å². The third-order valence-corrected chi connectivity index (χ3v) is 3.90. The largest absolute Gasteiger partial charge is 0.325 e. The van der Waals surface area contributed by atoms with Gasteiger partial charge >= 0.3 is 0 Å². The van der Waals surface area contributed by atoms with Crippen LogP contribution in [-0.4, -0.2) is 11.7 Å². The summed E-state index contributed by atoms with van der Waals surface area (Å²) in [7, 11) is 0. The van der Waals surface area contributed by atoms with Crippen LogP contribution in [0.15, 0.2) is 59.5 Å². The molecule has 0 saturated heterocycles. The molecule has 0 heterocycles. The lowest BCUT2D eigenvalue weighted by molar-refractivity contribution is -0.113. The van der Waals surface area contributed by atoms with Crippen molar-refractivity contribution < 1.29 is 4.79 Å². The first-order chi connectivity index (χ1) is 9.78. The van der Waals surface area contributed by atoms with Crippen molar-refractivity contribution >= 4 is 23.4 Å². The van der Waals surface area contributed by atoms with Crippen LogP contribution in [0.4, 0.5) is 5.69 Å². The molecule has 1 N–H and O–H groups in total. The van der Waals surface area contributed by atoms with Crippen molar-refractivity contribution in [3.8, 4) is 0 Å². The Morgan fingerprint density at radius 2 is 1.75 bits per heavy atom. The van der Waals surface area contributed by atoms with Crippen LogP contribution in [0.3, 0.4) is 0 Å². The number of amides is 1. The Labute approximate surface area is 124 Å². The van der Waals surface area contributed by atoms with E-state index < -0.39 is 0 Å². The Kier molecular flexibility index (Phi) is 5.69. The van der Waals surface area contributed by atoms with Gasteiger partial charge in [0.1, 0.15) is 0 Å². The summed E-state index contributed by atoms with van der Waals surface area (Å²) < 4.78 is 0. The van der Waals surface area contributed by atoms with Gasteiger partial charge in [0, 0.05) is 10.6 Å². The highest BCUT2D eigenvalue weighted by Gasteiger charge is 2.03. The Balaban J connectivity index is 1.82. The van der Waals surface area contributed by atoms with Crippen molar-refractivity contribution in [2.75, 3.05) is 11.1 Å². The van der Waals surface area contributed by atoms with Gasteiger partial charge in [-0.1, -0.05) is 43.7 Å². The fourth-order valence-electron chi connectivity index (χ4n) is 1.91. The fourth-order valence-corrected chi connectivity index (χ4v) is 2.63. The van der Waals surface area contributed by atoms with E-state index in [9.17, 15) is 4.79 Å². The number of hydrogen-bond donors (Lipinski definition) is 1. The first-order valence-electron chi connectivity index (χ1n) is 6.84. The highest BCUT2D eigenvalue weighted by Crippen LogP contribution is 2.17. The van der Waals surface area contributed by atoms with Crippen LogP contribution in [-0.2, 0) is 11.2 Å². The predicted molar refractivity (Wildman–Crippen MR) is 86.2 cm³/mol. The topological polar surface area (TPSA) is 29.1 Å². The maximum Gasteiger partial charge on any atom is 0.234 e. The second kappa shape index (κ2) is 7.75. The first-order valence-corrected chi connectivity index (χ1v) is 7.83. The number of anilines is 1. The average Bonchev–Trinajstić information content (AvgIpc) is 2.49. The van der Waals surface area contributed by atoms with Crippen LogP contribution >= 0.6 is 11.8 Å². The molecule has 0 aliphatic rings. The van der Waals surface area contributed by atoms with Gasteiger partial charge in [0.2, 0.25) is 5.91 Å². The number of nitrogens with one attached hydrogen (secondary N) is 1. The zero-order chi connectivity index (χ0) is 14.2. The number of benzene rings is 2. The molecule has 0 bridgehead atoms. The molecule has 0 unspecified atom stereocenters. The average molecular weight is 285 g/mol. The van der Waals surface area contributed by atoms with E-state index in [1.165, 1.54) is 5.56 Å². The Morgan fingerprint density at radius 3 is 2.40 bits per heavy atom. The van der Waals surface area contributed by atoms with Crippen LogP contribution in [0.5, 0.6) is 0 Å². The van der Waals surface area contributed by atoms with E-state index in [2.05, 4.69) is 24.4 Å². The normalized spacial score (nSPS) is 10.2. The number of aryl methyl sites for hydroxylation is 1. The monoisotopic (exact) mass is 285 g/mol. The summed E-state index contributed by atoms with van der Waals surface area (Å²) in [5.41, 5.74) is 2.17. The molecule has 20 heavy (non-hydrogen) atoms. The fraction of sp³-hybridized carbons (Fsp3) is 0.235. The summed E-state index contributed by atoms with van der Waals surface area (Å²) in [6.07, 6.45) is 2.22. The molecule has 0 aliphatic carbocycles. The van der Waals surface area contributed by atoms with Crippen molar-refractivity contribution in [1.82, 2.24) is 0 Å². The molecule has 3 heteroatoms. The number of carbonyl (C=O) groups excluding carboxylic acids is 1. The molecule has 0 saturated carbocycles. The number of carbonyl (C=O) groups is 1. The number of rotatable bonds is 6. The SMILES string of the molecule is CCCc1ccc(NC(=O)CSc2ccccc2)cc1. The summed E-state index contributed by atoms with van der Waals surface area (Å²) >= 11 is 1.55. The van der Waals surface area contributed by atoms with E-state index >= 15 is 0 Å². The third-order valence-electron chi connectivity index (χ3n) is 2.89. The van der Waals surface area contributed by atoms with E-state index in [1.54, 1.807) is 11.8 Å². The Hall–Kier alpha value is -1.74. The van der Waals surface area contributed by atoms with E-state index in [-0.39, 0.29) is 5.91 Å². The molecule has 2 aromatic carbocycles. The van der Waals surface area contributed by atoms with Gasteiger partial charge in [0.15, 0.2) is 0 Å². The van der Waals surface area contributed by atoms with Crippen LogP contribution in [0.1, 0.15) is 18.9 Å². The Morgan fingerprint density at radius 1 is 1.05 bits per heavy atom. The minimum absolute atomic E-state index is 0.0297. The van der Waals surface area contributed by atoms with Crippen LogP contribution < -0.4 is 5.32 Å². The molecule has 0 atom stereocenters. The lowest BCUT2D eigenvalue weighted by Gasteiger charge is -2.06. The van der Waals surface area contributed by atoms with Crippen LogP contribution in [0, 0.1) is 0 Å². The van der Waals surface area contributed by atoms with Crippen LogP contribution in [0.25, 0.3) is 0 Å². The summed E-state index contributed by atoms with van der Waals surface area (Å²) in [5, 5.41) is 2.92. The molecule has 0 spiro atoms. The molecule has 104 valence electrons. The molecule has 1 amide bonds. The van der Waals surface area contributed by atoms with Gasteiger partial charge in [0.05, 0.1) is 5.75 Å². The summed E-state index contributed by atoms with van der Waals surface area (Å²) in [4.78, 5) is 13.0. The first kappa shape index (κ1) is 14.7.